The molecule has 0 aromatic heterocycles. The summed E-state index contributed by atoms with van der Waals surface area (Å²) in [4.78, 5) is 25.2. The van der Waals surface area contributed by atoms with E-state index in [0.29, 0.717) is 18.4 Å². The van der Waals surface area contributed by atoms with Crippen LogP contribution in [-0.4, -0.2) is 33.5 Å². The van der Waals surface area contributed by atoms with E-state index in [-0.39, 0.29) is 28.2 Å². The average Bonchev–Trinajstić information content (AvgIpc) is 3.01. The van der Waals surface area contributed by atoms with Crippen molar-refractivity contribution in [3.05, 3.63) is 63.1 Å². The van der Waals surface area contributed by atoms with Crippen LogP contribution in [0.25, 0.3) is 0 Å². The molecular weight excluding hydrogens is 451 g/mol. The Kier molecular flexibility index (Phi) is 6.85. The molecule has 1 atom stereocenters. The fourth-order valence-electron chi connectivity index (χ4n) is 3.68. The second-order valence-corrected chi connectivity index (χ2v) is 14.1. The van der Waals surface area contributed by atoms with Crippen LogP contribution in [0.5, 0.6) is 5.75 Å². The molecule has 0 aliphatic heterocycles. The highest BCUT2D eigenvalue weighted by Crippen LogP contribution is 2.48. The van der Waals surface area contributed by atoms with Gasteiger partial charge in [0.1, 0.15) is 18.8 Å². The minimum Gasteiger partial charge on any atom is -0.480 e. The lowest BCUT2D eigenvalue weighted by atomic mass is 9.74. The summed E-state index contributed by atoms with van der Waals surface area (Å²) in [5, 5.41) is 0.245. The Bertz CT molecular complexity index is 1080. The van der Waals surface area contributed by atoms with E-state index >= 15 is 0 Å². The van der Waals surface area contributed by atoms with Gasteiger partial charge >= 0.3 is 5.97 Å². The Hall–Kier alpha value is -2.26. The normalized spacial score (nSPS) is 17.5. The number of ether oxygens (including phenoxy) is 2. The van der Waals surface area contributed by atoms with E-state index in [0.717, 1.165) is 11.1 Å². The number of benzene rings is 2. The fourth-order valence-corrected chi connectivity index (χ4v) is 4.80. The van der Waals surface area contributed by atoms with Gasteiger partial charge in [-0.2, -0.15) is 0 Å². The molecule has 7 heteroatoms. The van der Waals surface area contributed by atoms with Crippen LogP contribution in [0.3, 0.4) is 0 Å². The minimum absolute atomic E-state index is 0.0926. The summed E-state index contributed by atoms with van der Waals surface area (Å²) < 4.78 is 10.1. The number of esters is 1. The number of carbonyl (C=O) groups is 2. The number of Topliss-reactive ketones (excluding diaryl/α,β-unsaturated/α-hetero) is 1. The molecule has 3 rings (SSSR count). The Balaban J connectivity index is 2.07. The average molecular weight is 475 g/mol. The second kappa shape index (κ2) is 9.08. The van der Waals surface area contributed by atoms with Crippen LogP contribution in [-0.2, 0) is 21.4 Å². The number of halogens is 2. The summed E-state index contributed by atoms with van der Waals surface area (Å²) in [5.74, 6) is 2.91. The van der Waals surface area contributed by atoms with Crippen molar-refractivity contribution in [1.82, 2.24) is 0 Å². The van der Waals surface area contributed by atoms with Crippen molar-refractivity contribution in [1.29, 1.82) is 0 Å². The Morgan fingerprint density at radius 3 is 2.45 bits per heavy atom. The van der Waals surface area contributed by atoms with Crippen LogP contribution in [0.15, 0.2) is 36.4 Å². The number of methoxy groups -OCH3 is 1. The maximum atomic E-state index is 13.8. The molecule has 0 amide bonds. The summed E-state index contributed by atoms with van der Waals surface area (Å²) in [6, 6.07) is 11.3. The summed E-state index contributed by atoms with van der Waals surface area (Å²) >= 11 is 12.9. The van der Waals surface area contributed by atoms with Crippen molar-refractivity contribution < 1.29 is 19.1 Å². The lowest BCUT2D eigenvalue weighted by Crippen LogP contribution is -2.33. The van der Waals surface area contributed by atoms with Gasteiger partial charge in [0.15, 0.2) is 12.4 Å². The van der Waals surface area contributed by atoms with E-state index in [1.54, 1.807) is 6.07 Å². The molecule has 4 nitrogen and oxygen atoms in total. The molecule has 2 aromatic rings. The molecule has 162 valence electrons. The molecule has 2 aromatic carbocycles. The zero-order chi connectivity index (χ0) is 22.8. The first-order chi connectivity index (χ1) is 14.6. The zero-order valence-electron chi connectivity index (χ0n) is 18.0. The molecule has 1 unspecified atom stereocenters. The van der Waals surface area contributed by atoms with E-state index in [4.69, 9.17) is 27.9 Å². The van der Waals surface area contributed by atoms with E-state index < -0.39 is 19.5 Å². The maximum Gasteiger partial charge on any atom is 0.343 e. The van der Waals surface area contributed by atoms with Crippen LogP contribution < -0.4 is 4.74 Å². The molecule has 0 heterocycles. The minimum atomic E-state index is -1.60. The van der Waals surface area contributed by atoms with Crippen molar-refractivity contribution >= 4 is 43.0 Å². The summed E-state index contributed by atoms with van der Waals surface area (Å²) in [7, 11) is -0.327. The lowest BCUT2D eigenvalue weighted by molar-refractivity contribution is -0.142. The van der Waals surface area contributed by atoms with Crippen LogP contribution in [0.1, 0.15) is 27.9 Å². The van der Waals surface area contributed by atoms with Gasteiger partial charge in [-0.1, -0.05) is 73.2 Å². The number of hydrogen-bond acceptors (Lipinski definition) is 4. The third-order valence-corrected chi connectivity index (χ3v) is 6.94. The molecule has 1 aliphatic carbocycles. The van der Waals surface area contributed by atoms with E-state index in [1.165, 1.54) is 7.11 Å². The molecule has 0 fully saturated rings. The Morgan fingerprint density at radius 2 is 1.84 bits per heavy atom. The maximum absolute atomic E-state index is 13.8. The predicted octanol–water partition coefficient (Wildman–Crippen LogP) is 5.49. The van der Waals surface area contributed by atoms with Gasteiger partial charge < -0.3 is 9.47 Å². The highest BCUT2D eigenvalue weighted by atomic mass is 35.5. The van der Waals surface area contributed by atoms with E-state index in [2.05, 4.69) is 35.8 Å². The standard InChI is InChI=1S/C24H24Cl2O4Si/c1-29-19(27)15-30-18-13-16-14-24(11-8-12-31(2,3)4,17-9-6-5-7-10-17)23(28)20(16)22(26)21(18)25/h5-7,9-10,13H,11,14-15H2,1-4H3. The van der Waals surface area contributed by atoms with Gasteiger partial charge in [0.2, 0.25) is 0 Å². The quantitative estimate of drug-likeness (QED) is 0.326. The van der Waals surface area contributed by atoms with Crippen molar-refractivity contribution in [2.45, 2.75) is 37.9 Å². The van der Waals surface area contributed by atoms with Gasteiger partial charge in [-0.3, -0.25) is 4.79 Å². The topological polar surface area (TPSA) is 52.6 Å². The van der Waals surface area contributed by atoms with Crippen molar-refractivity contribution in [3.8, 4) is 17.2 Å². The number of hydrogen-bond donors (Lipinski definition) is 0. The molecule has 1 aliphatic rings. The van der Waals surface area contributed by atoms with Gasteiger partial charge in [-0.25, -0.2) is 4.79 Å². The largest absolute Gasteiger partial charge is 0.480 e. The smallest absolute Gasteiger partial charge is 0.343 e. The number of rotatable bonds is 5. The third kappa shape index (κ3) is 4.82. The SMILES string of the molecule is COC(=O)COc1cc2c(c(Cl)c1Cl)C(=O)C(CC#C[Si](C)(C)C)(c1ccccc1)C2. The first-order valence-corrected chi connectivity index (χ1v) is 14.2. The third-order valence-electron chi connectivity index (χ3n) is 5.16. The molecule has 0 saturated heterocycles. The first kappa shape index (κ1) is 23.4. The number of ketones is 1. The van der Waals surface area contributed by atoms with Crippen molar-refractivity contribution in [2.75, 3.05) is 13.7 Å². The number of fused-ring (bicyclic) bond motifs is 1. The van der Waals surface area contributed by atoms with Crippen LogP contribution in [0, 0.1) is 11.5 Å². The van der Waals surface area contributed by atoms with Crippen LogP contribution >= 0.6 is 23.2 Å². The molecule has 0 N–H and O–H groups in total. The molecule has 0 bridgehead atoms. The summed E-state index contributed by atoms with van der Waals surface area (Å²) in [6.45, 7) is 6.21. The fraction of sp³-hybridized carbons (Fsp3) is 0.333. The number of carbonyl (C=O) groups excluding carboxylic acids is 2. The summed E-state index contributed by atoms with van der Waals surface area (Å²) in [5.41, 5.74) is 4.55. The molecule has 0 radical (unpaired) electrons. The van der Waals surface area contributed by atoms with Gasteiger partial charge in [-0.05, 0) is 23.6 Å². The van der Waals surface area contributed by atoms with Gasteiger partial charge in [0, 0.05) is 12.0 Å². The molecule has 31 heavy (non-hydrogen) atoms. The Labute approximate surface area is 193 Å². The van der Waals surface area contributed by atoms with Crippen LogP contribution in [0.4, 0.5) is 0 Å². The lowest BCUT2D eigenvalue weighted by Gasteiger charge is -2.26. The van der Waals surface area contributed by atoms with E-state index in [9.17, 15) is 9.59 Å². The molecule has 0 spiro atoms. The van der Waals surface area contributed by atoms with Crippen LogP contribution in [0.2, 0.25) is 29.7 Å². The predicted molar refractivity (Wildman–Crippen MR) is 126 cm³/mol. The zero-order valence-corrected chi connectivity index (χ0v) is 20.5. The van der Waals surface area contributed by atoms with E-state index in [1.807, 2.05) is 30.3 Å². The molecular formula is C24H24Cl2O4Si. The van der Waals surface area contributed by atoms with Gasteiger partial charge in [0.25, 0.3) is 0 Å². The van der Waals surface area contributed by atoms with Gasteiger partial charge in [0.05, 0.1) is 17.5 Å². The first-order valence-electron chi connectivity index (χ1n) is 9.90. The Morgan fingerprint density at radius 1 is 1.16 bits per heavy atom. The molecule has 0 saturated carbocycles. The van der Waals surface area contributed by atoms with Gasteiger partial charge in [-0.15, -0.1) is 11.5 Å². The second-order valence-electron chi connectivity index (χ2n) is 8.58. The summed E-state index contributed by atoms with van der Waals surface area (Å²) in [6.07, 6.45) is 0.818. The highest BCUT2D eigenvalue weighted by molar-refractivity contribution is 6.83. The van der Waals surface area contributed by atoms with Crippen molar-refractivity contribution in [2.24, 2.45) is 0 Å². The monoisotopic (exact) mass is 474 g/mol. The highest BCUT2D eigenvalue weighted by Gasteiger charge is 2.48. The van der Waals surface area contributed by atoms with Crippen molar-refractivity contribution in [3.63, 3.8) is 0 Å².